The van der Waals surface area contributed by atoms with Gasteiger partial charge in [-0.3, -0.25) is 23.2 Å². The summed E-state index contributed by atoms with van der Waals surface area (Å²) in [4.78, 5) is 52.6. The summed E-state index contributed by atoms with van der Waals surface area (Å²) in [6.07, 6.45) is 32.8. The summed E-state index contributed by atoms with van der Waals surface area (Å²) in [7, 11) is -9.71. The molecule has 59 heavy (non-hydrogen) atoms. The van der Waals surface area contributed by atoms with Crippen LogP contribution in [0.25, 0.3) is 0 Å². The molecule has 0 aliphatic carbocycles. The summed E-state index contributed by atoms with van der Waals surface area (Å²) >= 11 is 0. The SMILES string of the molecule is CCCCC/C=C\C[C@H](O)/C=C/C=C\C/C=C\CCCC(=O)O[C@H](COC(=O)CCCCCCCCCCCCC(C)CC)COP(=O)(O)OC[C@@H](O)COP(=O)(O)O. The van der Waals surface area contributed by atoms with Crippen LogP contribution < -0.4 is 0 Å². The maximum Gasteiger partial charge on any atom is 0.472 e. The average molecular weight is 881 g/mol. The fraction of sp³-hybridized carbons (Fsp3) is 0.767. The summed E-state index contributed by atoms with van der Waals surface area (Å²) < 4.78 is 47.7. The van der Waals surface area contributed by atoms with E-state index in [4.69, 9.17) is 23.8 Å². The van der Waals surface area contributed by atoms with Crippen LogP contribution in [0.4, 0.5) is 0 Å². The zero-order valence-corrected chi connectivity index (χ0v) is 37.9. The molecule has 5 atom stereocenters. The van der Waals surface area contributed by atoms with Gasteiger partial charge in [-0.15, -0.1) is 0 Å². The smallest absolute Gasteiger partial charge is 0.462 e. The Labute approximate surface area is 354 Å². The summed E-state index contributed by atoms with van der Waals surface area (Å²) in [5, 5.41) is 19.8. The molecule has 344 valence electrons. The molecule has 0 saturated carbocycles. The Hall–Kier alpha value is -1.96. The zero-order valence-electron chi connectivity index (χ0n) is 36.1. The van der Waals surface area contributed by atoms with Crippen molar-refractivity contribution in [3.05, 3.63) is 48.6 Å². The van der Waals surface area contributed by atoms with Crippen LogP contribution in [0.2, 0.25) is 0 Å². The Morgan fingerprint density at radius 3 is 1.88 bits per heavy atom. The van der Waals surface area contributed by atoms with Crippen molar-refractivity contribution in [3.8, 4) is 0 Å². The molecular formula is C43H78O14P2. The van der Waals surface area contributed by atoms with E-state index in [0.29, 0.717) is 32.1 Å². The molecule has 14 nitrogen and oxygen atoms in total. The van der Waals surface area contributed by atoms with Crippen LogP contribution >= 0.6 is 15.6 Å². The van der Waals surface area contributed by atoms with Crippen molar-refractivity contribution < 1.29 is 66.7 Å². The number of hydrogen-bond acceptors (Lipinski definition) is 11. The largest absolute Gasteiger partial charge is 0.472 e. The maximum atomic E-state index is 12.6. The minimum absolute atomic E-state index is 0.0234. The lowest BCUT2D eigenvalue weighted by molar-refractivity contribution is -0.161. The third-order valence-electron chi connectivity index (χ3n) is 9.33. The van der Waals surface area contributed by atoms with Gasteiger partial charge < -0.3 is 34.4 Å². The second-order valence-corrected chi connectivity index (χ2v) is 17.8. The van der Waals surface area contributed by atoms with E-state index >= 15 is 0 Å². The van der Waals surface area contributed by atoms with Gasteiger partial charge in [-0.1, -0.05) is 153 Å². The van der Waals surface area contributed by atoms with Crippen molar-refractivity contribution in [2.24, 2.45) is 5.92 Å². The van der Waals surface area contributed by atoms with Gasteiger partial charge in [0.25, 0.3) is 0 Å². The molecule has 16 heteroatoms. The minimum atomic E-state index is -4.88. The first-order chi connectivity index (χ1) is 28.2. The van der Waals surface area contributed by atoms with Gasteiger partial charge in [-0.2, -0.15) is 0 Å². The number of unbranched alkanes of at least 4 members (excludes halogenated alkanes) is 13. The predicted octanol–water partition coefficient (Wildman–Crippen LogP) is 9.89. The number of rotatable bonds is 40. The first-order valence-electron chi connectivity index (χ1n) is 21.8. The number of hydrogen-bond donors (Lipinski definition) is 5. The van der Waals surface area contributed by atoms with E-state index in [-0.39, 0.29) is 12.8 Å². The number of allylic oxidation sites excluding steroid dienone is 6. The molecule has 0 aromatic carbocycles. The molecule has 0 amide bonds. The standard InChI is InChI=1S/C43H78O14P2/c1-4-6-7-8-20-25-30-39(44)31-26-21-16-13-14-18-23-28-33-43(47)57-41(37-56-59(51,52)55-35-40(45)34-54-58(48,49)50)36-53-42(46)32-27-22-17-12-10-9-11-15-19-24-29-38(3)5-2/h14,16,18,20-21,25-26,31,38-41,44-45H,4-13,15,17,19,22-24,27-30,32-37H2,1-3H3,(H,51,52)(H2,48,49,50)/b18-14-,21-16-,25-20-,31-26+/t38?,39-,40-,41+/m0/s1. The van der Waals surface area contributed by atoms with Crippen LogP contribution in [0.5, 0.6) is 0 Å². The topological polar surface area (TPSA) is 216 Å². The van der Waals surface area contributed by atoms with Crippen molar-refractivity contribution in [1.29, 1.82) is 0 Å². The Balaban J connectivity index is 4.69. The Morgan fingerprint density at radius 2 is 1.22 bits per heavy atom. The molecule has 0 spiro atoms. The number of esters is 2. The average Bonchev–Trinajstić information content (AvgIpc) is 3.19. The van der Waals surface area contributed by atoms with Gasteiger partial charge in [0.05, 0.1) is 25.9 Å². The maximum absolute atomic E-state index is 12.6. The second kappa shape index (κ2) is 37.8. The molecule has 0 saturated heterocycles. The highest BCUT2D eigenvalue weighted by Gasteiger charge is 2.28. The van der Waals surface area contributed by atoms with Crippen molar-refractivity contribution in [2.75, 3.05) is 26.4 Å². The summed E-state index contributed by atoms with van der Waals surface area (Å²) in [6.45, 7) is 3.90. The molecule has 0 aromatic heterocycles. The lowest BCUT2D eigenvalue weighted by atomic mass is 9.99. The molecule has 0 bridgehead atoms. The van der Waals surface area contributed by atoms with E-state index in [2.05, 4.69) is 35.9 Å². The van der Waals surface area contributed by atoms with E-state index in [9.17, 15) is 33.8 Å². The van der Waals surface area contributed by atoms with E-state index in [0.717, 1.165) is 31.6 Å². The first kappa shape index (κ1) is 57.0. The highest BCUT2D eigenvalue weighted by molar-refractivity contribution is 7.47. The number of carbonyl (C=O) groups is 2. The molecule has 5 N–H and O–H groups in total. The van der Waals surface area contributed by atoms with Crippen LogP contribution in [-0.2, 0) is 41.8 Å². The molecule has 0 fully saturated rings. The molecular weight excluding hydrogens is 802 g/mol. The molecule has 0 aliphatic rings. The van der Waals surface area contributed by atoms with Gasteiger partial charge in [0.1, 0.15) is 12.7 Å². The number of ether oxygens (including phenoxy) is 2. The number of aliphatic hydroxyl groups excluding tert-OH is 2. The summed E-state index contributed by atoms with van der Waals surface area (Å²) in [6, 6.07) is 0. The van der Waals surface area contributed by atoms with Crippen LogP contribution in [-0.4, -0.2) is 81.6 Å². The van der Waals surface area contributed by atoms with Gasteiger partial charge in [-0.05, 0) is 50.9 Å². The third-order valence-corrected chi connectivity index (χ3v) is 10.8. The lowest BCUT2D eigenvalue weighted by Gasteiger charge is -2.20. The van der Waals surface area contributed by atoms with Crippen LogP contribution in [0.1, 0.15) is 162 Å². The number of carbonyl (C=O) groups excluding carboxylic acids is 2. The molecule has 0 rings (SSSR count). The van der Waals surface area contributed by atoms with Crippen LogP contribution in [0, 0.1) is 5.92 Å². The fourth-order valence-electron chi connectivity index (χ4n) is 5.58. The number of phosphoric ester groups is 2. The summed E-state index contributed by atoms with van der Waals surface area (Å²) in [5.74, 6) is -0.319. The predicted molar refractivity (Wildman–Crippen MR) is 231 cm³/mol. The Bertz CT molecular complexity index is 1260. The quantitative estimate of drug-likeness (QED) is 0.0127. The van der Waals surface area contributed by atoms with E-state index < -0.39 is 72.3 Å². The molecule has 0 radical (unpaired) electrons. The fourth-order valence-corrected chi connectivity index (χ4v) is 6.73. The van der Waals surface area contributed by atoms with Gasteiger partial charge in [0, 0.05) is 12.8 Å². The second-order valence-electron chi connectivity index (χ2n) is 15.1. The summed E-state index contributed by atoms with van der Waals surface area (Å²) in [5.41, 5.74) is 0. The molecule has 0 heterocycles. The molecule has 0 aliphatic heterocycles. The zero-order chi connectivity index (χ0) is 44.0. The van der Waals surface area contributed by atoms with Gasteiger partial charge in [-0.25, -0.2) is 9.13 Å². The van der Waals surface area contributed by atoms with Crippen molar-refractivity contribution in [1.82, 2.24) is 0 Å². The van der Waals surface area contributed by atoms with E-state index in [1.165, 1.54) is 70.6 Å². The van der Waals surface area contributed by atoms with Crippen LogP contribution in [0.15, 0.2) is 48.6 Å². The highest BCUT2D eigenvalue weighted by Crippen LogP contribution is 2.43. The Morgan fingerprint density at radius 1 is 0.627 bits per heavy atom. The molecule has 0 aromatic rings. The van der Waals surface area contributed by atoms with Gasteiger partial charge in [0.2, 0.25) is 0 Å². The van der Waals surface area contributed by atoms with Gasteiger partial charge in [0.15, 0.2) is 6.10 Å². The van der Waals surface area contributed by atoms with Crippen LogP contribution in [0.3, 0.4) is 0 Å². The third kappa shape index (κ3) is 41.2. The Kier molecular flexibility index (Phi) is 36.5. The van der Waals surface area contributed by atoms with E-state index in [1.54, 1.807) is 6.08 Å². The minimum Gasteiger partial charge on any atom is -0.462 e. The van der Waals surface area contributed by atoms with Crippen molar-refractivity contribution in [3.63, 3.8) is 0 Å². The van der Waals surface area contributed by atoms with Gasteiger partial charge >= 0.3 is 27.6 Å². The van der Waals surface area contributed by atoms with E-state index in [1.807, 2.05) is 36.5 Å². The normalized spacial score (nSPS) is 15.6. The van der Waals surface area contributed by atoms with Crippen molar-refractivity contribution in [2.45, 2.75) is 180 Å². The molecule has 2 unspecified atom stereocenters. The lowest BCUT2D eigenvalue weighted by Crippen LogP contribution is -2.29. The number of phosphoric acid groups is 2. The number of aliphatic hydroxyl groups is 2. The highest BCUT2D eigenvalue weighted by atomic mass is 31.2. The van der Waals surface area contributed by atoms with Crippen molar-refractivity contribution >= 4 is 27.6 Å². The first-order valence-corrected chi connectivity index (χ1v) is 24.9. The monoisotopic (exact) mass is 880 g/mol.